The predicted octanol–water partition coefficient (Wildman–Crippen LogP) is 2.41. The van der Waals surface area contributed by atoms with E-state index in [1.807, 2.05) is 6.92 Å². The van der Waals surface area contributed by atoms with Crippen LogP contribution in [0.25, 0.3) is 0 Å². The van der Waals surface area contributed by atoms with Crippen LogP contribution in [0, 0.1) is 5.92 Å². The molecule has 0 saturated carbocycles. The zero-order valence-corrected chi connectivity index (χ0v) is 13.2. The Morgan fingerprint density at radius 2 is 2.05 bits per heavy atom. The summed E-state index contributed by atoms with van der Waals surface area (Å²) in [6.45, 7) is 7.60. The highest BCUT2D eigenvalue weighted by Gasteiger charge is 2.22. The summed E-state index contributed by atoms with van der Waals surface area (Å²) in [5, 5.41) is 3.32. The van der Waals surface area contributed by atoms with Crippen LogP contribution in [-0.4, -0.2) is 24.5 Å². The van der Waals surface area contributed by atoms with Crippen molar-refractivity contribution < 1.29 is 14.3 Å². The lowest BCUT2D eigenvalue weighted by molar-refractivity contribution is -0.119. The Hall–Kier alpha value is -1.40. The fraction of sp³-hybridized carbons (Fsp3) is 0.571. The number of rotatable bonds is 6. The van der Waals surface area contributed by atoms with Gasteiger partial charge in [-0.15, -0.1) is 11.3 Å². The van der Waals surface area contributed by atoms with Crippen LogP contribution >= 0.6 is 11.3 Å². The average Bonchev–Trinajstić information content (AvgIpc) is 2.81. The van der Waals surface area contributed by atoms with E-state index in [0.717, 1.165) is 11.3 Å². The third-order valence-electron chi connectivity index (χ3n) is 3.07. The number of ether oxygens (including phenoxy) is 1. The molecule has 1 heterocycles. The Morgan fingerprint density at radius 1 is 1.40 bits per heavy atom. The summed E-state index contributed by atoms with van der Waals surface area (Å²) in [6, 6.07) is 1.53. The predicted molar refractivity (Wildman–Crippen MR) is 81.1 cm³/mol. The number of nitrogens with one attached hydrogen (secondary N) is 1. The van der Waals surface area contributed by atoms with E-state index in [0.29, 0.717) is 17.2 Å². The Balaban J connectivity index is 2.96. The molecule has 112 valence electrons. The molecule has 6 heteroatoms. The van der Waals surface area contributed by atoms with Crippen molar-refractivity contribution >= 4 is 28.2 Å². The number of carbonyl (C=O) groups excluding carboxylic acids is 2. The molecule has 0 aliphatic carbocycles. The van der Waals surface area contributed by atoms with Crippen molar-refractivity contribution in [2.24, 2.45) is 11.7 Å². The smallest absolute Gasteiger partial charge is 0.341 e. The summed E-state index contributed by atoms with van der Waals surface area (Å²) < 4.78 is 5.01. The van der Waals surface area contributed by atoms with Crippen molar-refractivity contribution in [1.82, 2.24) is 0 Å². The quantitative estimate of drug-likeness (QED) is 0.790. The molecule has 0 aliphatic rings. The first-order chi connectivity index (χ1) is 9.40. The highest BCUT2D eigenvalue weighted by molar-refractivity contribution is 7.16. The highest BCUT2D eigenvalue weighted by Crippen LogP contribution is 2.29. The molecule has 5 nitrogen and oxygen atoms in total. The molecular formula is C14H22N2O3S. The van der Waals surface area contributed by atoms with E-state index in [-0.39, 0.29) is 17.9 Å². The lowest BCUT2D eigenvalue weighted by atomic mass is 10.0. The lowest BCUT2D eigenvalue weighted by Gasteiger charge is -2.15. The van der Waals surface area contributed by atoms with Gasteiger partial charge in [-0.3, -0.25) is 4.79 Å². The molecule has 0 aromatic carbocycles. The molecule has 0 spiro atoms. The van der Waals surface area contributed by atoms with Gasteiger partial charge in [-0.1, -0.05) is 13.8 Å². The molecule has 1 aromatic rings. The van der Waals surface area contributed by atoms with Gasteiger partial charge in [0.05, 0.1) is 18.1 Å². The SMILES string of the molecule is CCOC(=O)c1cc(CC)sc1NC(=O)C(C)C(C)N. The maximum atomic E-state index is 12.0. The maximum Gasteiger partial charge on any atom is 0.341 e. The largest absolute Gasteiger partial charge is 0.462 e. The zero-order valence-electron chi connectivity index (χ0n) is 12.4. The Labute approximate surface area is 123 Å². The van der Waals surface area contributed by atoms with E-state index in [1.165, 1.54) is 11.3 Å². The normalized spacial score (nSPS) is 13.7. The van der Waals surface area contributed by atoms with Crippen LogP contribution in [0.2, 0.25) is 0 Å². The standard InChI is InChI=1S/C14H22N2O3S/c1-5-10-7-11(14(18)19-6-2)13(20-10)16-12(17)8(3)9(4)15/h7-9H,5-6,15H2,1-4H3,(H,16,17). The van der Waals surface area contributed by atoms with Gasteiger partial charge in [0, 0.05) is 10.9 Å². The number of anilines is 1. The van der Waals surface area contributed by atoms with Gasteiger partial charge < -0.3 is 15.8 Å². The van der Waals surface area contributed by atoms with Gasteiger partial charge in [-0.25, -0.2) is 4.79 Å². The monoisotopic (exact) mass is 298 g/mol. The van der Waals surface area contributed by atoms with Crippen molar-refractivity contribution in [1.29, 1.82) is 0 Å². The molecule has 0 radical (unpaired) electrons. The van der Waals surface area contributed by atoms with E-state index in [2.05, 4.69) is 5.32 Å². The molecule has 1 aromatic heterocycles. The lowest BCUT2D eigenvalue weighted by Crippen LogP contribution is -2.34. The molecule has 0 aliphatic heterocycles. The first kappa shape index (κ1) is 16.7. The van der Waals surface area contributed by atoms with Gasteiger partial charge in [0.15, 0.2) is 0 Å². The zero-order chi connectivity index (χ0) is 15.3. The van der Waals surface area contributed by atoms with E-state index >= 15 is 0 Å². The molecule has 3 N–H and O–H groups in total. The number of thiophene rings is 1. The summed E-state index contributed by atoms with van der Waals surface area (Å²) >= 11 is 1.40. The average molecular weight is 298 g/mol. The highest BCUT2D eigenvalue weighted by atomic mass is 32.1. The summed E-state index contributed by atoms with van der Waals surface area (Å²) in [7, 11) is 0. The van der Waals surface area contributed by atoms with Crippen LogP contribution in [0.15, 0.2) is 6.07 Å². The van der Waals surface area contributed by atoms with Crippen LogP contribution < -0.4 is 11.1 Å². The maximum absolute atomic E-state index is 12.0. The Kier molecular flexibility index (Phi) is 6.16. The second kappa shape index (κ2) is 7.40. The topological polar surface area (TPSA) is 81.4 Å². The third kappa shape index (κ3) is 4.05. The molecule has 1 rings (SSSR count). The number of hydrogen-bond acceptors (Lipinski definition) is 5. The molecular weight excluding hydrogens is 276 g/mol. The van der Waals surface area contributed by atoms with Crippen LogP contribution in [0.3, 0.4) is 0 Å². The molecule has 2 unspecified atom stereocenters. The van der Waals surface area contributed by atoms with E-state index < -0.39 is 5.97 Å². The second-order valence-corrected chi connectivity index (χ2v) is 5.80. The van der Waals surface area contributed by atoms with Crippen molar-refractivity contribution in [2.75, 3.05) is 11.9 Å². The molecule has 0 saturated heterocycles. The van der Waals surface area contributed by atoms with Crippen LogP contribution in [0.4, 0.5) is 5.00 Å². The van der Waals surface area contributed by atoms with Crippen molar-refractivity contribution in [3.63, 3.8) is 0 Å². The van der Waals surface area contributed by atoms with Crippen molar-refractivity contribution in [3.8, 4) is 0 Å². The number of nitrogens with two attached hydrogens (primary N) is 1. The third-order valence-corrected chi connectivity index (χ3v) is 4.26. The van der Waals surface area contributed by atoms with Gasteiger partial charge in [-0.05, 0) is 26.3 Å². The fourth-order valence-corrected chi connectivity index (χ4v) is 2.52. The fourth-order valence-electron chi connectivity index (χ4n) is 1.53. The summed E-state index contributed by atoms with van der Waals surface area (Å²) in [5.41, 5.74) is 6.13. The minimum Gasteiger partial charge on any atom is -0.462 e. The van der Waals surface area contributed by atoms with Gasteiger partial charge in [0.2, 0.25) is 5.91 Å². The van der Waals surface area contributed by atoms with E-state index in [4.69, 9.17) is 10.5 Å². The van der Waals surface area contributed by atoms with Crippen molar-refractivity contribution in [3.05, 3.63) is 16.5 Å². The number of aryl methyl sites for hydroxylation is 1. The molecule has 2 atom stereocenters. The van der Waals surface area contributed by atoms with E-state index in [9.17, 15) is 9.59 Å². The van der Waals surface area contributed by atoms with Crippen LogP contribution in [0.5, 0.6) is 0 Å². The van der Waals surface area contributed by atoms with E-state index in [1.54, 1.807) is 26.8 Å². The van der Waals surface area contributed by atoms with Crippen molar-refractivity contribution in [2.45, 2.75) is 40.2 Å². The summed E-state index contributed by atoms with van der Waals surface area (Å²) in [6.07, 6.45) is 0.801. The number of carbonyl (C=O) groups is 2. The Morgan fingerprint density at radius 3 is 2.55 bits per heavy atom. The first-order valence-electron chi connectivity index (χ1n) is 6.76. The second-order valence-electron chi connectivity index (χ2n) is 4.67. The van der Waals surface area contributed by atoms with Crippen LogP contribution in [-0.2, 0) is 16.0 Å². The van der Waals surface area contributed by atoms with Gasteiger partial charge in [0.25, 0.3) is 0 Å². The number of amides is 1. The Bertz CT molecular complexity index is 483. The molecule has 1 amide bonds. The minimum absolute atomic E-state index is 0.185. The molecule has 0 bridgehead atoms. The summed E-state index contributed by atoms with van der Waals surface area (Å²) in [5.74, 6) is -0.917. The molecule has 20 heavy (non-hydrogen) atoms. The summed E-state index contributed by atoms with van der Waals surface area (Å²) in [4.78, 5) is 25.0. The van der Waals surface area contributed by atoms with Gasteiger partial charge >= 0.3 is 5.97 Å². The first-order valence-corrected chi connectivity index (χ1v) is 7.58. The number of hydrogen-bond donors (Lipinski definition) is 2. The molecule has 0 fully saturated rings. The number of esters is 1. The minimum atomic E-state index is -0.410. The van der Waals surface area contributed by atoms with Crippen LogP contribution in [0.1, 0.15) is 42.9 Å². The van der Waals surface area contributed by atoms with Gasteiger partial charge in [-0.2, -0.15) is 0 Å². The van der Waals surface area contributed by atoms with Gasteiger partial charge in [0.1, 0.15) is 5.00 Å².